The van der Waals surface area contributed by atoms with Crippen molar-refractivity contribution in [3.05, 3.63) is 46.5 Å². The zero-order chi connectivity index (χ0) is 21.8. The monoisotopic (exact) mass is 434 g/mol. The van der Waals surface area contributed by atoms with Gasteiger partial charge in [0.15, 0.2) is 0 Å². The Kier molecular flexibility index (Phi) is 4.82. The maximum atomic E-state index is 13.7. The summed E-state index contributed by atoms with van der Waals surface area (Å²) in [6.45, 7) is 7.21. The average Bonchev–Trinajstić information content (AvgIpc) is 3.00. The van der Waals surface area contributed by atoms with Crippen LogP contribution in [0.5, 0.6) is 0 Å². The number of halogens is 2. The third kappa shape index (κ3) is 3.44. The van der Waals surface area contributed by atoms with Gasteiger partial charge in [-0.25, -0.2) is 9.18 Å². The number of hydrogen-bond acceptors (Lipinski definition) is 3. The molecule has 4 rings (SSSR count). The Morgan fingerprint density at radius 2 is 2.00 bits per heavy atom. The van der Waals surface area contributed by atoms with Crippen LogP contribution in [0.1, 0.15) is 36.8 Å². The number of urea groups is 1. The molecular weight excluding hydrogens is 411 g/mol. The van der Waals surface area contributed by atoms with Crippen molar-refractivity contribution in [3.63, 3.8) is 0 Å². The fourth-order valence-corrected chi connectivity index (χ4v) is 4.24. The molecule has 2 aliphatic heterocycles. The summed E-state index contributed by atoms with van der Waals surface area (Å²) in [5.74, 6) is -1.16. The highest BCUT2D eigenvalue weighted by atomic mass is 35.5. The Balaban J connectivity index is 1.82. The number of ether oxygens (including phenoxy) is 1. The molecule has 0 aliphatic carbocycles. The molecule has 0 saturated carbocycles. The summed E-state index contributed by atoms with van der Waals surface area (Å²) in [5, 5.41) is 2.93. The van der Waals surface area contributed by atoms with Gasteiger partial charge in [-0.05, 0) is 38.5 Å². The van der Waals surface area contributed by atoms with Crippen LogP contribution in [0.4, 0.5) is 9.18 Å². The van der Waals surface area contributed by atoms with Gasteiger partial charge < -0.3 is 25.3 Å². The number of nitrogens with one attached hydrogen (secondary N) is 1. The van der Waals surface area contributed by atoms with E-state index in [1.54, 1.807) is 11.0 Å². The molecular formula is C21H24ClFN4O3. The first-order valence-electron chi connectivity index (χ1n) is 9.65. The summed E-state index contributed by atoms with van der Waals surface area (Å²) < 4.78 is 21.1. The van der Waals surface area contributed by atoms with E-state index in [9.17, 15) is 14.0 Å². The highest BCUT2D eigenvalue weighted by Crippen LogP contribution is 2.40. The number of carbonyl (C=O) groups excluding carboxylic acids is 2. The fourth-order valence-electron chi connectivity index (χ4n) is 4.06. The minimum Gasteiger partial charge on any atom is -0.376 e. The molecule has 1 aromatic carbocycles. The van der Waals surface area contributed by atoms with Crippen LogP contribution >= 0.6 is 11.6 Å². The first kappa shape index (κ1) is 20.7. The molecule has 0 radical (unpaired) electrons. The van der Waals surface area contributed by atoms with Crippen LogP contribution in [0.15, 0.2) is 24.4 Å². The van der Waals surface area contributed by atoms with Crippen LogP contribution in [0.25, 0.3) is 11.1 Å². The summed E-state index contributed by atoms with van der Waals surface area (Å²) in [7, 11) is 0. The van der Waals surface area contributed by atoms with Gasteiger partial charge in [0.25, 0.3) is 5.91 Å². The molecule has 2 aromatic rings. The lowest BCUT2D eigenvalue weighted by molar-refractivity contribution is -0.120. The van der Waals surface area contributed by atoms with Gasteiger partial charge in [0, 0.05) is 17.3 Å². The van der Waals surface area contributed by atoms with E-state index < -0.39 is 22.8 Å². The molecule has 0 unspecified atom stereocenters. The maximum absolute atomic E-state index is 13.7. The number of amides is 3. The van der Waals surface area contributed by atoms with E-state index in [-0.39, 0.29) is 17.6 Å². The largest absolute Gasteiger partial charge is 0.376 e. The Morgan fingerprint density at radius 3 is 2.53 bits per heavy atom. The third-order valence-electron chi connectivity index (χ3n) is 5.43. The molecule has 3 heterocycles. The van der Waals surface area contributed by atoms with E-state index in [0.717, 1.165) is 0 Å². The third-order valence-corrected chi connectivity index (χ3v) is 5.72. The van der Waals surface area contributed by atoms with Crippen LogP contribution in [0, 0.1) is 5.82 Å². The number of nitrogens with two attached hydrogens (primary N) is 1. The van der Waals surface area contributed by atoms with Crippen LogP contribution in [-0.2, 0) is 16.8 Å². The molecule has 3 N–H and O–H groups in total. The molecule has 1 aromatic heterocycles. The molecule has 7 nitrogen and oxygen atoms in total. The van der Waals surface area contributed by atoms with Gasteiger partial charge >= 0.3 is 6.03 Å². The van der Waals surface area contributed by atoms with Crippen molar-refractivity contribution in [2.75, 3.05) is 19.8 Å². The Morgan fingerprint density at radius 1 is 1.30 bits per heavy atom. The lowest BCUT2D eigenvalue weighted by atomic mass is 9.93. The van der Waals surface area contributed by atoms with Gasteiger partial charge in [-0.15, -0.1) is 0 Å². The molecule has 0 bridgehead atoms. The predicted molar refractivity (Wildman–Crippen MR) is 111 cm³/mol. The normalized spacial score (nSPS) is 17.4. The summed E-state index contributed by atoms with van der Waals surface area (Å²) in [6, 6.07) is 4.06. The van der Waals surface area contributed by atoms with E-state index in [1.165, 1.54) is 12.1 Å². The second-order valence-corrected chi connectivity index (χ2v) is 9.39. The molecule has 30 heavy (non-hydrogen) atoms. The van der Waals surface area contributed by atoms with Crippen LogP contribution in [-0.4, -0.2) is 46.7 Å². The number of fused-ring (bicyclic) bond motifs is 2. The predicted octanol–water partition coefficient (Wildman–Crippen LogP) is 3.10. The van der Waals surface area contributed by atoms with Gasteiger partial charge in [0.1, 0.15) is 11.4 Å². The SMILES string of the molecule is CC(C)(C)NC(=O)N1Cc2c(C(N)=O)c(-c3ccc(F)c(Cl)c3)cn2C2(COC2)C1. The highest BCUT2D eigenvalue weighted by molar-refractivity contribution is 6.31. The Labute approximate surface area is 178 Å². The van der Waals surface area contributed by atoms with Crippen molar-refractivity contribution >= 4 is 23.5 Å². The highest BCUT2D eigenvalue weighted by Gasteiger charge is 2.48. The molecule has 2 aliphatic rings. The zero-order valence-corrected chi connectivity index (χ0v) is 17.8. The topological polar surface area (TPSA) is 89.6 Å². The summed E-state index contributed by atoms with van der Waals surface area (Å²) in [5.41, 5.74) is 6.95. The molecule has 1 spiro atoms. The van der Waals surface area contributed by atoms with Gasteiger partial charge in [-0.2, -0.15) is 0 Å². The number of carbonyl (C=O) groups is 2. The van der Waals surface area contributed by atoms with Crippen LogP contribution in [0.2, 0.25) is 5.02 Å². The Bertz CT molecular complexity index is 1040. The van der Waals surface area contributed by atoms with E-state index in [0.29, 0.717) is 42.1 Å². The quantitative estimate of drug-likeness (QED) is 0.761. The molecule has 9 heteroatoms. The van der Waals surface area contributed by atoms with Crippen molar-refractivity contribution in [1.29, 1.82) is 0 Å². The second-order valence-electron chi connectivity index (χ2n) is 8.98. The number of rotatable bonds is 2. The average molecular weight is 435 g/mol. The van der Waals surface area contributed by atoms with E-state index in [2.05, 4.69) is 5.32 Å². The van der Waals surface area contributed by atoms with Crippen LogP contribution < -0.4 is 11.1 Å². The number of aromatic nitrogens is 1. The zero-order valence-electron chi connectivity index (χ0n) is 17.1. The molecule has 0 atom stereocenters. The van der Waals surface area contributed by atoms with Crippen molar-refractivity contribution in [3.8, 4) is 11.1 Å². The van der Waals surface area contributed by atoms with Crippen molar-refractivity contribution in [2.45, 2.75) is 38.4 Å². The number of benzene rings is 1. The number of hydrogen-bond donors (Lipinski definition) is 2. The van der Waals surface area contributed by atoms with Crippen LogP contribution in [0.3, 0.4) is 0 Å². The minimum absolute atomic E-state index is 0.0417. The first-order valence-corrected chi connectivity index (χ1v) is 10.0. The summed E-state index contributed by atoms with van der Waals surface area (Å²) >= 11 is 5.96. The van der Waals surface area contributed by atoms with E-state index in [4.69, 9.17) is 22.1 Å². The first-order chi connectivity index (χ1) is 14.0. The van der Waals surface area contributed by atoms with Gasteiger partial charge in [0.2, 0.25) is 0 Å². The Hall–Kier alpha value is -2.58. The lowest BCUT2D eigenvalue weighted by Gasteiger charge is -2.50. The standard InChI is InChI=1S/C21H24ClFN4O3/c1-20(2,3)25-19(29)26-8-16-17(18(24)28)13(12-4-5-15(23)14(22)6-12)7-27(16)21(9-26)10-30-11-21/h4-7H,8-11H2,1-3H3,(H2,24,28)(H,25,29). The molecule has 1 saturated heterocycles. The van der Waals surface area contributed by atoms with E-state index in [1.807, 2.05) is 31.5 Å². The maximum Gasteiger partial charge on any atom is 0.318 e. The molecule has 160 valence electrons. The van der Waals surface area contributed by atoms with E-state index >= 15 is 0 Å². The molecule has 3 amide bonds. The summed E-state index contributed by atoms with van der Waals surface area (Å²) in [6.07, 6.45) is 1.83. The van der Waals surface area contributed by atoms with Gasteiger partial charge in [-0.1, -0.05) is 17.7 Å². The second kappa shape index (κ2) is 6.99. The minimum atomic E-state index is -0.618. The van der Waals surface area contributed by atoms with Crippen molar-refractivity contribution in [2.24, 2.45) is 5.73 Å². The van der Waals surface area contributed by atoms with Gasteiger partial charge in [-0.3, -0.25) is 4.79 Å². The molecule has 1 fully saturated rings. The van der Waals surface area contributed by atoms with Crippen molar-refractivity contribution < 1.29 is 18.7 Å². The fraction of sp³-hybridized carbons (Fsp3) is 0.429. The number of nitrogens with zero attached hydrogens (tertiary/aromatic N) is 2. The van der Waals surface area contributed by atoms with Crippen molar-refractivity contribution in [1.82, 2.24) is 14.8 Å². The summed E-state index contributed by atoms with van der Waals surface area (Å²) in [4.78, 5) is 27.0. The lowest BCUT2D eigenvalue weighted by Crippen LogP contribution is -2.64. The van der Waals surface area contributed by atoms with Gasteiger partial charge in [0.05, 0.1) is 42.6 Å². The number of primary amides is 1. The smallest absolute Gasteiger partial charge is 0.318 e.